The highest BCUT2D eigenvalue weighted by molar-refractivity contribution is 9.09. The van der Waals surface area contributed by atoms with Gasteiger partial charge in [-0.3, -0.25) is 4.79 Å². The smallest absolute Gasteiger partial charge is 0.406 e. The van der Waals surface area contributed by atoms with Crippen molar-refractivity contribution in [3.8, 4) is 11.5 Å². The maximum Gasteiger partial charge on any atom is 0.406 e. The van der Waals surface area contributed by atoms with Crippen LogP contribution in [0.5, 0.6) is 11.5 Å². The van der Waals surface area contributed by atoms with Crippen LogP contribution in [0.3, 0.4) is 0 Å². The molecule has 1 aromatic carbocycles. The second-order valence-electron chi connectivity index (χ2n) is 3.77. The van der Waals surface area contributed by atoms with Crippen molar-refractivity contribution in [1.82, 2.24) is 4.90 Å². The lowest BCUT2D eigenvalue weighted by atomic mass is 10.1. The standard InChI is InChI=1S/C11H11BrF3NO3/c12-1-2-16(6-11(13,14)15)10(19)7-3-8(17)5-9(18)4-7/h3-5,17-18H,1-2,6H2. The molecule has 0 bridgehead atoms. The van der Waals surface area contributed by atoms with Crippen LogP contribution in [0.25, 0.3) is 0 Å². The number of rotatable bonds is 4. The van der Waals surface area contributed by atoms with Gasteiger partial charge in [0.2, 0.25) is 0 Å². The molecular weight excluding hydrogens is 331 g/mol. The van der Waals surface area contributed by atoms with E-state index in [0.29, 0.717) is 4.90 Å². The van der Waals surface area contributed by atoms with Crippen LogP contribution in [0.15, 0.2) is 18.2 Å². The third kappa shape index (κ3) is 4.98. The highest BCUT2D eigenvalue weighted by Crippen LogP contribution is 2.23. The number of phenolic OH excluding ortho intramolecular Hbond substituents is 2. The van der Waals surface area contributed by atoms with Crippen LogP contribution in [-0.2, 0) is 0 Å². The molecular formula is C11H11BrF3NO3. The van der Waals surface area contributed by atoms with E-state index in [1.807, 2.05) is 0 Å². The number of nitrogens with zero attached hydrogens (tertiary/aromatic N) is 1. The molecule has 0 aromatic heterocycles. The number of amides is 1. The SMILES string of the molecule is O=C(c1cc(O)cc(O)c1)N(CCBr)CC(F)(F)F. The van der Waals surface area contributed by atoms with Gasteiger partial charge in [-0.1, -0.05) is 15.9 Å². The van der Waals surface area contributed by atoms with E-state index in [0.717, 1.165) is 18.2 Å². The number of aromatic hydroxyl groups is 2. The Balaban J connectivity index is 2.98. The number of benzene rings is 1. The summed E-state index contributed by atoms with van der Waals surface area (Å²) in [5.41, 5.74) is -0.206. The predicted octanol–water partition coefficient (Wildman–Crippen LogP) is 2.50. The Labute approximate surface area is 115 Å². The minimum absolute atomic E-state index is 0.144. The van der Waals surface area contributed by atoms with Crippen LogP contribution in [-0.4, -0.2) is 45.6 Å². The number of halogens is 4. The van der Waals surface area contributed by atoms with Gasteiger partial charge in [0.25, 0.3) is 5.91 Å². The van der Waals surface area contributed by atoms with Gasteiger partial charge in [0.15, 0.2) is 0 Å². The first-order chi connectivity index (χ1) is 8.73. The molecule has 0 aliphatic heterocycles. The fourth-order valence-electron chi connectivity index (χ4n) is 1.47. The molecule has 1 amide bonds. The molecule has 0 saturated heterocycles. The van der Waals surface area contributed by atoms with E-state index in [2.05, 4.69) is 15.9 Å². The fourth-order valence-corrected chi connectivity index (χ4v) is 1.90. The summed E-state index contributed by atoms with van der Waals surface area (Å²) in [6.45, 7) is -1.54. The largest absolute Gasteiger partial charge is 0.508 e. The van der Waals surface area contributed by atoms with Crippen LogP contribution in [0.4, 0.5) is 13.2 Å². The second kappa shape index (κ2) is 6.14. The molecule has 8 heteroatoms. The second-order valence-corrected chi connectivity index (χ2v) is 4.56. The molecule has 0 heterocycles. The lowest BCUT2D eigenvalue weighted by Gasteiger charge is -2.23. The summed E-state index contributed by atoms with van der Waals surface area (Å²) in [6, 6.07) is 2.98. The first kappa shape index (κ1) is 15.6. The average Bonchev–Trinajstić information content (AvgIpc) is 2.24. The molecule has 0 radical (unpaired) electrons. The Hall–Kier alpha value is -1.44. The van der Waals surface area contributed by atoms with E-state index < -0.39 is 30.1 Å². The van der Waals surface area contributed by atoms with Gasteiger partial charge >= 0.3 is 6.18 Å². The zero-order valence-corrected chi connectivity index (χ0v) is 11.2. The summed E-state index contributed by atoms with van der Waals surface area (Å²) in [5, 5.41) is 18.6. The van der Waals surface area contributed by atoms with Gasteiger partial charge in [0.1, 0.15) is 18.0 Å². The van der Waals surface area contributed by atoms with Crippen molar-refractivity contribution >= 4 is 21.8 Å². The number of hydrogen-bond acceptors (Lipinski definition) is 3. The Kier molecular flexibility index (Phi) is 5.04. The summed E-state index contributed by atoms with van der Waals surface area (Å²) >= 11 is 2.97. The summed E-state index contributed by atoms with van der Waals surface area (Å²) < 4.78 is 37.1. The summed E-state index contributed by atoms with van der Waals surface area (Å²) in [4.78, 5) is 12.5. The van der Waals surface area contributed by atoms with Crippen LogP contribution in [0.2, 0.25) is 0 Å². The molecule has 1 rings (SSSR count). The van der Waals surface area contributed by atoms with E-state index >= 15 is 0 Å². The predicted molar refractivity (Wildman–Crippen MR) is 65.5 cm³/mol. The molecule has 0 aliphatic rings. The maximum atomic E-state index is 12.4. The van der Waals surface area contributed by atoms with Crippen molar-refractivity contribution in [2.24, 2.45) is 0 Å². The van der Waals surface area contributed by atoms with Crippen molar-refractivity contribution in [3.63, 3.8) is 0 Å². The van der Waals surface area contributed by atoms with Gasteiger partial charge in [-0.05, 0) is 12.1 Å². The monoisotopic (exact) mass is 341 g/mol. The van der Waals surface area contributed by atoms with E-state index in [1.54, 1.807) is 0 Å². The van der Waals surface area contributed by atoms with Gasteiger partial charge in [0, 0.05) is 23.5 Å². The van der Waals surface area contributed by atoms with Gasteiger partial charge in [-0.15, -0.1) is 0 Å². The Morgan fingerprint density at radius 3 is 2.16 bits per heavy atom. The number of alkyl halides is 4. The maximum absolute atomic E-state index is 12.4. The fraction of sp³-hybridized carbons (Fsp3) is 0.364. The molecule has 19 heavy (non-hydrogen) atoms. The quantitative estimate of drug-likeness (QED) is 0.827. The molecule has 0 aliphatic carbocycles. The molecule has 2 N–H and O–H groups in total. The Morgan fingerprint density at radius 2 is 1.74 bits per heavy atom. The first-order valence-corrected chi connectivity index (χ1v) is 6.30. The lowest BCUT2D eigenvalue weighted by Crippen LogP contribution is -2.40. The van der Waals surface area contributed by atoms with Crippen molar-refractivity contribution in [2.45, 2.75) is 6.18 Å². The van der Waals surface area contributed by atoms with Crippen molar-refractivity contribution in [3.05, 3.63) is 23.8 Å². The summed E-state index contributed by atoms with van der Waals surface area (Å²) in [6.07, 6.45) is -4.52. The first-order valence-electron chi connectivity index (χ1n) is 5.18. The van der Waals surface area contributed by atoms with Crippen LogP contribution in [0.1, 0.15) is 10.4 Å². The normalized spacial score (nSPS) is 11.4. The third-order valence-electron chi connectivity index (χ3n) is 2.16. The Bertz CT molecular complexity index is 445. The van der Waals surface area contributed by atoms with Gasteiger partial charge < -0.3 is 15.1 Å². The summed E-state index contributed by atoms with van der Waals surface area (Å²) in [5.74, 6) is -1.70. The highest BCUT2D eigenvalue weighted by Gasteiger charge is 2.33. The minimum atomic E-state index is -4.52. The van der Waals surface area contributed by atoms with Crippen LogP contribution in [0, 0.1) is 0 Å². The van der Waals surface area contributed by atoms with Crippen molar-refractivity contribution in [1.29, 1.82) is 0 Å². The van der Waals surface area contributed by atoms with Gasteiger partial charge in [0.05, 0.1) is 0 Å². The number of carbonyl (C=O) groups is 1. The highest BCUT2D eigenvalue weighted by atomic mass is 79.9. The number of phenols is 2. The average molecular weight is 342 g/mol. The molecule has 4 nitrogen and oxygen atoms in total. The third-order valence-corrected chi connectivity index (χ3v) is 2.52. The number of hydrogen-bond donors (Lipinski definition) is 2. The van der Waals surface area contributed by atoms with E-state index in [-0.39, 0.29) is 17.4 Å². The molecule has 0 atom stereocenters. The number of carbonyl (C=O) groups excluding carboxylic acids is 1. The van der Waals surface area contributed by atoms with Gasteiger partial charge in [-0.25, -0.2) is 0 Å². The van der Waals surface area contributed by atoms with Crippen molar-refractivity contribution in [2.75, 3.05) is 18.4 Å². The lowest BCUT2D eigenvalue weighted by molar-refractivity contribution is -0.140. The van der Waals surface area contributed by atoms with E-state index in [9.17, 15) is 28.2 Å². The Morgan fingerprint density at radius 1 is 1.21 bits per heavy atom. The zero-order chi connectivity index (χ0) is 14.6. The molecule has 1 aromatic rings. The topological polar surface area (TPSA) is 60.8 Å². The summed E-state index contributed by atoms with van der Waals surface area (Å²) in [7, 11) is 0. The molecule has 0 fully saturated rings. The van der Waals surface area contributed by atoms with E-state index in [1.165, 1.54) is 0 Å². The molecule has 0 saturated carbocycles. The van der Waals surface area contributed by atoms with Crippen molar-refractivity contribution < 1.29 is 28.2 Å². The van der Waals surface area contributed by atoms with E-state index in [4.69, 9.17) is 0 Å². The van der Waals surface area contributed by atoms with Gasteiger partial charge in [-0.2, -0.15) is 13.2 Å². The molecule has 0 unspecified atom stereocenters. The van der Waals surface area contributed by atoms with Crippen LogP contribution >= 0.6 is 15.9 Å². The molecule has 106 valence electrons. The van der Waals surface area contributed by atoms with Crippen LogP contribution < -0.4 is 0 Å². The minimum Gasteiger partial charge on any atom is -0.508 e. The molecule has 0 spiro atoms. The zero-order valence-electron chi connectivity index (χ0n) is 9.62.